The second kappa shape index (κ2) is 6.66. The normalized spacial score (nSPS) is 30.1. The van der Waals surface area contributed by atoms with Crippen LogP contribution in [0.1, 0.15) is 25.3 Å². The minimum atomic E-state index is -4.56. The molecule has 3 rings (SSSR count). The molecule has 3 atom stereocenters. The number of alkyl halides is 3. The molecule has 0 saturated carbocycles. The number of amides is 2. The number of rotatable bonds is 4. The molecular formula is C15H20F3N5O2. The van der Waals surface area contributed by atoms with Crippen molar-refractivity contribution in [1.29, 1.82) is 0 Å². The highest BCUT2D eigenvalue weighted by molar-refractivity contribution is 5.80. The van der Waals surface area contributed by atoms with Crippen LogP contribution in [0, 0.1) is 5.41 Å². The molecule has 0 aliphatic carbocycles. The lowest BCUT2D eigenvalue weighted by atomic mass is 9.76. The van der Waals surface area contributed by atoms with E-state index in [0.29, 0.717) is 13.1 Å². The molecule has 3 N–H and O–H groups in total. The molecule has 3 heterocycles. The largest absolute Gasteiger partial charge is 0.396 e. The average molecular weight is 359 g/mol. The molecule has 0 radical (unpaired) electrons. The van der Waals surface area contributed by atoms with Crippen molar-refractivity contribution in [1.82, 2.24) is 25.7 Å². The highest BCUT2D eigenvalue weighted by atomic mass is 19.4. The zero-order valence-electron chi connectivity index (χ0n) is 13.5. The van der Waals surface area contributed by atoms with Gasteiger partial charge in [0.05, 0.1) is 17.5 Å². The number of carbonyl (C=O) groups is 2. The van der Waals surface area contributed by atoms with Gasteiger partial charge in [-0.25, -0.2) is 0 Å². The third-order valence-electron chi connectivity index (χ3n) is 4.95. The fraction of sp³-hybridized carbons (Fsp3) is 0.667. The second-order valence-electron chi connectivity index (χ2n) is 6.62. The SMILES string of the molecule is O=C1CCC(CC(=O)N[C@@H]2CNC[C@@H]2n2cccn2)(C(F)(F)F)CN1. The molecule has 138 valence electrons. The van der Waals surface area contributed by atoms with Gasteiger partial charge in [0, 0.05) is 44.9 Å². The van der Waals surface area contributed by atoms with E-state index in [2.05, 4.69) is 21.0 Å². The number of hydrogen-bond acceptors (Lipinski definition) is 4. The van der Waals surface area contributed by atoms with E-state index >= 15 is 0 Å². The van der Waals surface area contributed by atoms with Crippen molar-refractivity contribution in [2.75, 3.05) is 19.6 Å². The van der Waals surface area contributed by atoms with Gasteiger partial charge in [0.2, 0.25) is 11.8 Å². The van der Waals surface area contributed by atoms with Crippen LogP contribution in [0.4, 0.5) is 13.2 Å². The Morgan fingerprint density at radius 3 is 2.84 bits per heavy atom. The molecule has 2 aliphatic heterocycles. The van der Waals surface area contributed by atoms with E-state index in [1.54, 1.807) is 23.1 Å². The summed E-state index contributed by atoms with van der Waals surface area (Å²) in [6.07, 6.45) is -2.49. The molecule has 0 bridgehead atoms. The summed E-state index contributed by atoms with van der Waals surface area (Å²) in [5.74, 6) is -1.08. The first kappa shape index (κ1) is 17.7. The minimum absolute atomic E-state index is 0.146. The molecule has 0 spiro atoms. The summed E-state index contributed by atoms with van der Waals surface area (Å²) in [6, 6.07) is 1.27. The first-order chi connectivity index (χ1) is 11.8. The molecule has 1 aromatic rings. The van der Waals surface area contributed by atoms with E-state index in [4.69, 9.17) is 0 Å². The molecule has 2 aliphatic rings. The number of piperidine rings is 1. The van der Waals surface area contributed by atoms with E-state index in [9.17, 15) is 22.8 Å². The van der Waals surface area contributed by atoms with Crippen LogP contribution in [-0.4, -0.2) is 53.4 Å². The van der Waals surface area contributed by atoms with Crippen molar-refractivity contribution >= 4 is 11.8 Å². The van der Waals surface area contributed by atoms with Gasteiger partial charge in [-0.05, 0) is 12.5 Å². The number of nitrogens with zero attached hydrogens (tertiary/aromatic N) is 2. The maximum Gasteiger partial charge on any atom is 0.396 e. The number of aromatic nitrogens is 2. The number of halogens is 3. The van der Waals surface area contributed by atoms with Crippen molar-refractivity contribution in [3.63, 3.8) is 0 Å². The summed E-state index contributed by atoms with van der Waals surface area (Å²) in [4.78, 5) is 23.6. The zero-order chi connectivity index (χ0) is 18.1. The minimum Gasteiger partial charge on any atom is -0.355 e. The Hall–Kier alpha value is -2.10. The maximum atomic E-state index is 13.5. The molecule has 1 unspecified atom stereocenters. The van der Waals surface area contributed by atoms with E-state index in [0.717, 1.165) is 0 Å². The molecule has 25 heavy (non-hydrogen) atoms. The van der Waals surface area contributed by atoms with Crippen LogP contribution in [0.15, 0.2) is 18.5 Å². The van der Waals surface area contributed by atoms with E-state index in [1.807, 2.05) is 0 Å². The van der Waals surface area contributed by atoms with Crippen molar-refractivity contribution in [2.45, 2.75) is 37.5 Å². The molecule has 0 aromatic carbocycles. The highest BCUT2D eigenvalue weighted by Crippen LogP contribution is 2.45. The maximum absolute atomic E-state index is 13.5. The van der Waals surface area contributed by atoms with Crippen LogP contribution in [0.3, 0.4) is 0 Å². The molecule has 2 fully saturated rings. The third kappa shape index (κ3) is 3.63. The topological polar surface area (TPSA) is 88.1 Å². The summed E-state index contributed by atoms with van der Waals surface area (Å²) >= 11 is 0. The van der Waals surface area contributed by atoms with Gasteiger partial charge >= 0.3 is 6.18 Å². The summed E-state index contributed by atoms with van der Waals surface area (Å²) in [6.45, 7) is 0.480. The van der Waals surface area contributed by atoms with Crippen LogP contribution >= 0.6 is 0 Å². The van der Waals surface area contributed by atoms with Gasteiger partial charge in [-0.1, -0.05) is 0 Å². The van der Waals surface area contributed by atoms with E-state index in [-0.39, 0.29) is 24.9 Å². The Morgan fingerprint density at radius 1 is 1.44 bits per heavy atom. The molecule has 2 amide bonds. The van der Waals surface area contributed by atoms with Gasteiger partial charge in [0.25, 0.3) is 0 Å². The lowest BCUT2D eigenvalue weighted by molar-refractivity contribution is -0.230. The Morgan fingerprint density at radius 2 is 2.24 bits per heavy atom. The van der Waals surface area contributed by atoms with Gasteiger partial charge < -0.3 is 16.0 Å². The van der Waals surface area contributed by atoms with Crippen molar-refractivity contribution in [3.8, 4) is 0 Å². The number of carbonyl (C=O) groups excluding carboxylic acids is 2. The molecule has 2 saturated heterocycles. The zero-order valence-corrected chi connectivity index (χ0v) is 13.5. The number of nitrogens with one attached hydrogen (secondary N) is 3. The lowest BCUT2D eigenvalue weighted by Crippen LogP contribution is -2.54. The molecule has 10 heteroatoms. The van der Waals surface area contributed by atoms with Crippen molar-refractivity contribution in [3.05, 3.63) is 18.5 Å². The third-order valence-corrected chi connectivity index (χ3v) is 4.95. The summed E-state index contributed by atoms with van der Waals surface area (Å²) in [5, 5.41) is 12.2. The predicted molar refractivity (Wildman–Crippen MR) is 81.4 cm³/mol. The van der Waals surface area contributed by atoms with Gasteiger partial charge in [-0.2, -0.15) is 18.3 Å². The van der Waals surface area contributed by atoms with E-state index in [1.165, 1.54) is 0 Å². The fourth-order valence-corrected chi connectivity index (χ4v) is 3.42. The van der Waals surface area contributed by atoms with Gasteiger partial charge in [0.1, 0.15) is 0 Å². The number of hydrogen-bond donors (Lipinski definition) is 3. The Labute approximate surface area is 142 Å². The van der Waals surface area contributed by atoms with Crippen LogP contribution in [-0.2, 0) is 9.59 Å². The van der Waals surface area contributed by atoms with Gasteiger partial charge in [0.15, 0.2) is 0 Å². The average Bonchev–Trinajstić information content (AvgIpc) is 3.19. The van der Waals surface area contributed by atoms with Crippen LogP contribution < -0.4 is 16.0 Å². The monoisotopic (exact) mass is 359 g/mol. The molecule has 7 nitrogen and oxygen atoms in total. The predicted octanol–water partition coefficient (Wildman–Crippen LogP) is 0.361. The first-order valence-corrected chi connectivity index (χ1v) is 8.13. The first-order valence-electron chi connectivity index (χ1n) is 8.13. The van der Waals surface area contributed by atoms with Gasteiger partial charge in [-0.15, -0.1) is 0 Å². The Bertz CT molecular complexity index is 622. The standard InChI is InChI=1S/C15H20F3N5O2/c16-15(17,18)14(3-2-12(24)20-9-14)6-13(25)22-10-7-19-8-11(10)23-5-1-4-21-23/h1,4-5,10-11,19H,2-3,6-9H2,(H,20,24)(H,22,25)/t10-,11+,14?/m1/s1. The van der Waals surface area contributed by atoms with Gasteiger partial charge in [-0.3, -0.25) is 14.3 Å². The smallest absolute Gasteiger partial charge is 0.355 e. The molecular weight excluding hydrogens is 339 g/mol. The van der Waals surface area contributed by atoms with Crippen molar-refractivity contribution in [2.24, 2.45) is 5.41 Å². The Balaban J connectivity index is 1.67. The van der Waals surface area contributed by atoms with Crippen LogP contribution in [0.25, 0.3) is 0 Å². The highest BCUT2D eigenvalue weighted by Gasteiger charge is 2.57. The van der Waals surface area contributed by atoms with Crippen LogP contribution in [0.2, 0.25) is 0 Å². The summed E-state index contributed by atoms with van der Waals surface area (Å²) in [5.41, 5.74) is -2.21. The van der Waals surface area contributed by atoms with Crippen LogP contribution in [0.5, 0.6) is 0 Å². The summed E-state index contributed by atoms with van der Waals surface area (Å²) in [7, 11) is 0. The van der Waals surface area contributed by atoms with Crippen molar-refractivity contribution < 1.29 is 22.8 Å². The quantitative estimate of drug-likeness (QED) is 0.724. The summed E-state index contributed by atoms with van der Waals surface area (Å²) < 4.78 is 42.3. The Kier molecular flexibility index (Phi) is 4.72. The van der Waals surface area contributed by atoms with E-state index < -0.39 is 36.4 Å². The lowest BCUT2D eigenvalue weighted by Gasteiger charge is -2.38. The second-order valence-corrected chi connectivity index (χ2v) is 6.62. The fourth-order valence-electron chi connectivity index (χ4n) is 3.42. The molecule has 1 aromatic heterocycles.